The molecule has 6 nitrogen and oxygen atoms in total. The van der Waals surface area contributed by atoms with Crippen molar-refractivity contribution in [3.63, 3.8) is 0 Å². The smallest absolute Gasteiger partial charge is 0.243 e. The lowest BCUT2D eigenvalue weighted by molar-refractivity contribution is -0.135. The minimum Gasteiger partial charge on any atom is -0.377 e. The summed E-state index contributed by atoms with van der Waals surface area (Å²) in [6, 6.07) is 5.03. The van der Waals surface area contributed by atoms with Crippen LogP contribution >= 0.6 is 0 Å². The van der Waals surface area contributed by atoms with E-state index < -0.39 is 10.0 Å². The Morgan fingerprint density at radius 1 is 1.32 bits per heavy atom. The average Bonchev–Trinajstić information content (AvgIpc) is 2.57. The van der Waals surface area contributed by atoms with Crippen LogP contribution in [0.5, 0.6) is 0 Å². The maximum absolute atomic E-state index is 12.7. The Morgan fingerprint density at radius 3 is 2.68 bits per heavy atom. The molecule has 1 aromatic carbocycles. The van der Waals surface area contributed by atoms with Gasteiger partial charge in [0.2, 0.25) is 15.9 Å². The molecule has 1 amide bonds. The van der Waals surface area contributed by atoms with Crippen molar-refractivity contribution in [1.29, 1.82) is 0 Å². The first kappa shape index (κ1) is 19.9. The van der Waals surface area contributed by atoms with Gasteiger partial charge in [0.15, 0.2) is 0 Å². The van der Waals surface area contributed by atoms with Crippen LogP contribution in [0.15, 0.2) is 23.1 Å². The van der Waals surface area contributed by atoms with Crippen molar-refractivity contribution in [2.24, 2.45) is 0 Å². The van der Waals surface area contributed by atoms with Crippen molar-refractivity contribution >= 4 is 15.9 Å². The first-order valence-corrected chi connectivity index (χ1v) is 10.1. The van der Waals surface area contributed by atoms with Crippen molar-refractivity contribution in [1.82, 2.24) is 9.21 Å². The van der Waals surface area contributed by atoms with Crippen LogP contribution in [0.1, 0.15) is 30.9 Å². The molecule has 2 rings (SSSR count). The van der Waals surface area contributed by atoms with Crippen LogP contribution in [0.2, 0.25) is 0 Å². The molecule has 0 radical (unpaired) electrons. The molecule has 1 heterocycles. The van der Waals surface area contributed by atoms with Crippen molar-refractivity contribution < 1.29 is 17.9 Å². The van der Waals surface area contributed by atoms with Gasteiger partial charge in [-0.25, -0.2) is 8.42 Å². The molecule has 1 aliphatic rings. The third-order valence-electron chi connectivity index (χ3n) is 4.68. The number of hydrogen-bond donors (Lipinski definition) is 0. The summed E-state index contributed by atoms with van der Waals surface area (Å²) in [7, 11) is -2.23. The monoisotopic (exact) mass is 368 g/mol. The van der Waals surface area contributed by atoms with Gasteiger partial charge in [0.25, 0.3) is 0 Å². The average molecular weight is 368 g/mol. The van der Waals surface area contributed by atoms with E-state index in [0.29, 0.717) is 19.7 Å². The molecule has 1 fully saturated rings. The van der Waals surface area contributed by atoms with Gasteiger partial charge in [0.05, 0.1) is 17.5 Å². The topological polar surface area (TPSA) is 66.9 Å². The molecule has 0 aromatic heterocycles. The number of likely N-dealkylation sites (N-methyl/N-ethyl adjacent to an activating group) is 1. The molecule has 0 aliphatic carbocycles. The molecular formula is C18H28N2O4S. The van der Waals surface area contributed by atoms with Gasteiger partial charge in [-0.1, -0.05) is 6.07 Å². The SMILES string of the molecule is CCOC1CCCN(C(=O)CN(C)S(=O)(=O)c2ccc(C)c(C)c2)C1. The predicted octanol–water partition coefficient (Wildman–Crippen LogP) is 1.95. The van der Waals surface area contributed by atoms with E-state index in [1.165, 1.54) is 7.05 Å². The Labute approximate surface area is 150 Å². The summed E-state index contributed by atoms with van der Waals surface area (Å²) in [5.41, 5.74) is 1.95. The van der Waals surface area contributed by atoms with Gasteiger partial charge in [0, 0.05) is 26.7 Å². The highest BCUT2D eigenvalue weighted by Crippen LogP contribution is 2.19. The molecule has 1 atom stereocenters. The fraction of sp³-hybridized carbons (Fsp3) is 0.611. The van der Waals surface area contributed by atoms with Gasteiger partial charge in [-0.3, -0.25) is 4.79 Å². The number of carbonyl (C=O) groups is 1. The summed E-state index contributed by atoms with van der Waals surface area (Å²) >= 11 is 0. The molecule has 0 N–H and O–H groups in total. The second kappa shape index (κ2) is 8.29. The van der Waals surface area contributed by atoms with E-state index in [2.05, 4.69) is 0 Å². The highest BCUT2D eigenvalue weighted by molar-refractivity contribution is 7.89. The number of amides is 1. The molecule has 1 aliphatic heterocycles. The second-order valence-electron chi connectivity index (χ2n) is 6.57. The quantitative estimate of drug-likeness (QED) is 0.770. The lowest BCUT2D eigenvalue weighted by Crippen LogP contribution is -2.47. The minimum atomic E-state index is -3.68. The fourth-order valence-electron chi connectivity index (χ4n) is 2.97. The molecule has 0 bridgehead atoms. The maximum atomic E-state index is 12.7. The van der Waals surface area contributed by atoms with Gasteiger partial charge in [-0.2, -0.15) is 4.31 Å². The third-order valence-corrected chi connectivity index (χ3v) is 6.48. The maximum Gasteiger partial charge on any atom is 0.243 e. The first-order valence-electron chi connectivity index (χ1n) is 8.68. The molecular weight excluding hydrogens is 340 g/mol. The van der Waals surface area contributed by atoms with Crippen LogP contribution in [0.25, 0.3) is 0 Å². The number of likely N-dealkylation sites (tertiary alicyclic amines) is 1. The molecule has 25 heavy (non-hydrogen) atoms. The Bertz CT molecular complexity index is 716. The summed E-state index contributed by atoms with van der Waals surface area (Å²) in [5, 5.41) is 0. The fourth-order valence-corrected chi connectivity index (χ4v) is 4.17. The third kappa shape index (κ3) is 4.80. The lowest BCUT2D eigenvalue weighted by atomic mass is 10.1. The van der Waals surface area contributed by atoms with Crippen LogP contribution < -0.4 is 0 Å². The van der Waals surface area contributed by atoms with Crippen molar-refractivity contribution in [2.45, 2.75) is 44.6 Å². The van der Waals surface area contributed by atoms with Gasteiger partial charge >= 0.3 is 0 Å². The van der Waals surface area contributed by atoms with Crippen molar-refractivity contribution in [3.8, 4) is 0 Å². The molecule has 0 saturated carbocycles. The Balaban J connectivity index is 2.05. The molecule has 1 saturated heterocycles. The number of sulfonamides is 1. The van der Waals surface area contributed by atoms with Crippen molar-refractivity contribution in [2.75, 3.05) is 33.3 Å². The van der Waals surface area contributed by atoms with Crippen LogP contribution in [0.4, 0.5) is 0 Å². The number of ether oxygens (including phenoxy) is 1. The van der Waals surface area contributed by atoms with E-state index in [-0.39, 0.29) is 23.5 Å². The largest absolute Gasteiger partial charge is 0.377 e. The van der Waals surface area contributed by atoms with E-state index in [0.717, 1.165) is 28.3 Å². The number of nitrogens with zero attached hydrogens (tertiary/aromatic N) is 2. The Hall–Kier alpha value is -1.44. The number of benzene rings is 1. The first-order chi connectivity index (χ1) is 11.8. The standard InChI is InChI=1S/C18H28N2O4S/c1-5-24-16-7-6-10-20(12-16)18(21)13-19(4)25(22,23)17-9-8-14(2)15(3)11-17/h8-9,11,16H,5-7,10,12-13H2,1-4H3. The highest BCUT2D eigenvalue weighted by atomic mass is 32.2. The summed E-state index contributed by atoms with van der Waals surface area (Å²) in [5.74, 6) is -0.181. The van der Waals surface area contributed by atoms with Crippen molar-refractivity contribution in [3.05, 3.63) is 29.3 Å². The molecule has 140 valence electrons. The van der Waals surface area contributed by atoms with Gasteiger partial charge in [-0.15, -0.1) is 0 Å². The zero-order chi connectivity index (χ0) is 18.6. The van der Waals surface area contributed by atoms with E-state index in [1.54, 1.807) is 23.1 Å². The summed E-state index contributed by atoms with van der Waals surface area (Å²) in [6.07, 6.45) is 1.86. The van der Waals surface area contributed by atoms with Gasteiger partial charge in [-0.05, 0) is 56.9 Å². The second-order valence-corrected chi connectivity index (χ2v) is 8.61. The van der Waals surface area contributed by atoms with Gasteiger partial charge in [0.1, 0.15) is 0 Å². The van der Waals surface area contributed by atoms with Gasteiger partial charge < -0.3 is 9.64 Å². The number of piperidine rings is 1. The number of rotatable bonds is 6. The Kier molecular flexibility index (Phi) is 6.59. The number of aryl methyl sites for hydroxylation is 2. The van der Waals surface area contributed by atoms with Crippen LogP contribution in [-0.4, -0.2) is 62.9 Å². The predicted molar refractivity (Wildman–Crippen MR) is 97.0 cm³/mol. The number of carbonyl (C=O) groups excluding carboxylic acids is 1. The Morgan fingerprint density at radius 2 is 2.04 bits per heavy atom. The summed E-state index contributed by atoms with van der Waals surface area (Å²) in [4.78, 5) is 14.4. The highest BCUT2D eigenvalue weighted by Gasteiger charge is 2.28. The van der Waals surface area contributed by atoms with Crippen LogP contribution in [-0.2, 0) is 19.6 Å². The van der Waals surface area contributed by atoms with E-state index >= 15 is 0 Å². The zero-order valence-electron chi connectivity index (χ0n) is 15.5. The van der Waals surface area contributed by atoms with E-state index in [9.17, 15) is 13.2 Å². The summed E-state index contributed by atoms with van der Waals surface area (Å²) < 4.78 is 32.2. The van der Waals surface area contributed by atoms with E-state index in [4.69, 9.17) is 4.74 Å². The summed E-state index contributed by atoms with van der Waals surface area (Å²) in [6.45, 7) is 7.39. The van der Waals surface area contributed by atoms with Crippen LogP contribution in [0, 0.1) is 13.8 Å². The molecule has 1 unspecified atom stereocenters. The molecule has 0 spiro atoms. The number of hydrogen-bond acceptors (Lipinski definition) is 4. The van der Waals surface area contributed by atoms with E-state index in [1.807, 2.05) is 20.8 Å². The molecule has 1 aromatic rings. The zero-order valence-corrected chi connectivity index (χ0v) is 16.3. The normalized spacial score (nSPS) is 18.6. The lowest BCUT2D eigenvalue weighted by Gasteiger charge is -2.33. The minimum absolute atomic E-state index is 0.0457. The van der Waals surface area contributed by atoms with Crippen LogP contribution in [0.3, 0.4) is 0 Å². The molecule has 7 heteroatoms.